The maximum absolute atomic E-state index is 11.9. The summed E-state index contributed by atoms with van der Waals surface area (Å²) < 4.78 is 5.59. The predicted molar refractivity (Wildman–Crippen MR) is 61.7 cm³/mol. The first-order chi connectivity index (χ1) is 8.29. The molecule has 1 aromatic heterocycles. The highest BCUT2D eigenvalue weighted by Crippen LogP contribution is 2.38. The zero-order chi connectivity index (χ0) is 11.7. The minimum atomic E-state index is -0.262. The zero-order valence-electron chi connectivity index (χ0n) is 9.63. The van der Waals surface area contributed by atoms with E-state index in [4.69, 9.17) is 4.74 Å². The molecule has 1 aliphatic carbocycles. The third kappa shape index (κ3) is 1.85. The first-order valence-corrected chi connectivity index (χ1v) is 6.05. The number of ether oxygens (including phenoxy) is 1. The van der Waals surface area contributed by atoms with E-state index in [9.17, 15) is 4.79 Å². The lowest BCUT2D eigenvalue weighted by molar-refractivity contribution is 0.0260. The molecule has 0 radical (unpaired) electrons. The maximum atomic E-state index is 11.9. The monoisotopic (exact) mass is 233 g/mol. The van der Waals surface area contributed by atoms with Gasteiger partial charge in [-0.15, -0.1) is 0 Å². The van der Waals surface area contributed by atoms with Crippen LogP contribution in [0.25, 0.3) is 0 Å². The molecule has 1 spiro atoms. The predicted octanol–water partition coefficient (Wildman–Crippen LogP) is 2.14. The highest BCUT2D eigenvalue weighted by molar-refractivity contribution is 5.89. The molecule has 5 nitrogen and oxygen atoms in total. The van der Waals surface area contributed by atoms with Gasteiger partial charge in [-0.1, -0.05) is 6.42 Å². The Morgan fingerprint density at radius 2 is 1.88 bits per heavy atom. The van der Waals surface area contributed by atoms with Crippen LogP contribution in [0, 0.1) is 0 Å². The molecule has 1 aromatic rings. The van der Waals surface area contributed by atoms with Crippen molar-refractivity contribution in [2.24, 2.45) is 0 Å². The second-order valence-corrected chi connectivity index (χ2v) is 4.79. The molecule has 1 saturated heterocycles. The van der Waals surface area contributed by atoms with Crippen LogP contribution in [0.2, 0.25) is 0 Å². The van der Waals surface area contributed by atoms with Crippen molar-refractivity contribution in [3.8, 4) is 0 Å². The molecule has 0 atom stereocenters. The molecule has 2 aliphatic rings. The van der Waals surface area contributed by atoms with Gasteiger partial charge in [0.05, 0.1) is 24.6 Å². The molecule has 0 aromatic carbocycles. The second-order valence-electron chi connectivity index (χ2n) is 4.79. The first-order valence-electron chi connectivity index (χ1n) is 6.05. The Hall–Kier alpha value is -1.65. The summed E-state index contributed by atoms with van der Waals surface area (Å²) in [6, 6.07) is 0. The second kappa shape index (κ2) is 3.98. The van der Waals surface area contributed by atoms with Crippen LogP contribution in [0.4, 0.5) is 10.5 Å². The Bertz CT molecular complexity index is 415. The van der Waals surface area contributed by atoms with Gasteiger partial charge in [-0.2, -0.15) is 0 Å². The molecule has 2 fully saturated rings. The van der Waals surface area contributed by atoms with Gasteiger partial charge >= 0.3 is 6.09 Å². The van der Waals surface area contributed by atoms with Crippen molar-refractivity contribution in [2.75, 3.05) is 11.4 Å². The molecular weight excluding hydrogens is 218 g/mol. The molecule has 0 unspecified atom stereocenters. The van der Waals surface area contributed by atoms with Gasteiger partial charge in [0.2, 0.25) is 0 Å². The van der Waals surface area contributed by atoms with E-state index < -0.39 is 0 Å². The van der Waals surface area contributed by atoms with Crippen molar-refractivity contribution < 1.29 is 9.53 Å². The van der Waals surface area contributed by atoms with Gasteiger partial charge in [0.25, 0.3) is 0 Å². The van der Waals surface area contributed by atoms with Crippen molar-refractivity contribution in [3.63, 3.8) is 0 Å². The SMILES string of the molecule is O=C1OC2(CCCCC2)CN1c1cncnc1. The molecule has 1 saturated carbocycles. The van der Waals surface area contributed by atoms with Gasteiger partial charge in [-0.25, -0.2) is 14.8 Å². The Kier molecular flexibility index (Phi) is 2.46. The molecule has 90 valence electrons. The Labute approximate surface area is 99.8 Å². The van der Waals surface area contributed by atoms with E-state index in [1.54, 1.807) is 17.3 Å². The number of amides is 1. The lowest BCUT2D eigenvalue weighted by atomic mass is 9.85. The standard InChI is InChI=1S/C12H15N3O2/c16-11-15(10-6-13-9-14-7-10)8-12(17-11)4-2-1-3-5-12/h6-7,9H,1-5,8H2. The highest BCUT2D eigenvalue weighted by atomic mass is 16.6. The van der Waals surface area contributed by atoms with Gasteiger partial charge in [0.1, 0.15) is 11.9 Å². The number of carbonyl (C=O) groups is 1. The van der Waals surface area contributed by atoms with E-state index in [1.165, 1.54) is 12.7 Å². The lowest BCUT2D eigenvalue weighted by Crippen LogP contribution is -2.36. The van der Waals surface area contributed by atoms with Crippen LogP contribution in [-0.2, 0) is 4.74 Å². The number of nitrogens with zero attached hydrogens (tertiary/aromatic N) is 3. The molecule has 1 aliphatic heterocycles. The summed E-state index contributed by atoms with van der Waals surface area (Å²) in [4.78, 5) is 21.4. The number of aromatic nitrogens is 2. The van der Waals surface area contributed by atoms with Crippen molar-refractivity contribution in [1.82, 2.24) is 9.97 Å². The van der Waals surface area contributed by atoms with Gasteiger partial charge in [0, 0.05) is 0 Å². The average molecular weight is 233 g/mol. The molecule has 5 heteroatoms. The minimum Gasteiger partial charge on any atom is -0.441 e. The van der Waals surface area contributed by atoms with Crippen molar-refractivity contribution in [3.05, 3.63) is 18.7 Å². The minimum absolute atomic E-state index is 0.259. The van der Waals surface area contributed by atoms with Gasteiger partial charge in [0.15, 0.2) is 0 Å². The average Bonchev–Trinajstić information content (AvgIpc) is 2.68. The van der Waals surface area contributed by atoms with Crippen molar-refractivity contribution >= 4 is 11.8 Å². The third-order valence-corrected chi connectivity index (χ3v) is 3.59. The molecule has 17 heavy (non-hydrogen) atoms. The van der Waals surface area contributed by atoms with Crippen LogP contribution >= 0.6 is 0 Å². The van der Waals surface area contributed by atoms with E-state index in [0.717, 1.165) is 31.4 Å². The largest absolute Gasteiger partial charge is 0.441 e. The van der Waals surface area contributed by atoms with E-state index in [0.29, 0.717) is 6.54 Å². The fraction of sp³-hybridized carbons (Fsp3) is 0.583. The van der Waals surface area contributed by atoms with Crippen LogP contribution in [0.1, 0.15) is 32.1 Å². The van der Waals surface area contributed by atoms with Crippen LogP contribution in [0.3, 0.4) is 0 Å². The topological polar surface area (TPSA) is 55.3 Å². The summed E-state index contributed by atoms with van der Waals surface area (Å²) in [7, 11) is 0. The molecule has 2 heterocycles. The Morgan fingerprint density at radius 3 is 2.59 bits per heavy atom. The number of carbonyl (C=O) groups excluding carboxylic acids is 1. The summed E-state index contributed by atoms with van der Waals surface area (Å²) in [5.41, 5.74) is 0.463. The Morgan fingerprint density at radius 1 is 1.18 bits per heavy atom. The molecule has 3 rings (SSSR count). The van der Waals surface area contributed by atoms with Crippen LogP contribution < -0.4 is 4.90 Å². The Balaban J connectivity index is 1.82. The maximum Gasteiger partial charge on any atom is 0.415 e. The summed E-state index contributed by atoms with van der Waals surface area (Å²) >= 11 is 0. The zero-order valence-corrected chi connectivity index (χ0v) is 9.63. The van der Waals surface area contributed by atoms with Crippen LogP contribution in [0.15, 0.2) is 18.7 Å². The summed E-state index contributed by atoms with van der Waals surface area (Å²) in [6.07, 6.45) is 9.98. The van der Waals surface area contributed by atoms with Gasteiger partial charge in [-0.05, 0) is 25.7 Å². The fourth-order valence-electron chi connectivity index (χ4n) is 2.71. The van der Waals surface area contributed by atoms with E-state index >= 15 is 0 Å². The van der Waals surface area contributed by atoms with Gasteiger partial charge in [-0.3, -0.25) is 4.90 Å². The van der Waals surface area contributed by atoms with Crippen molar-refractivity contribution in [1.29, 1.82) is 0 Å². The van der Waals surface area contributed by atoms with E-state index in [-0.39, 0.29) is 11.7 Å². The summed E-state index contributed by atoms with van der Waals surface area (Å²) in [5.74, 6) is 0. The number of hydrogen-bond donors (Lipinski definition) is 0. The van der Waals surface area contributed by atoms with Crippen LogP contribution in [0.5, 0.6) is 0 Å². The quantitative estimate of drug-likeness (QED) is 0.745. The number of anilines is 1. The molecule has 0 N–H and O–H groups in total. The smallest absolute Gasteiger partial charge is 0.415 e. The van der Waals surface area contributed by atoms with E-state index in [1.807, 2.05) is 0 Å². The molecule has 1 amide bonds. The van der Waals surface area contributed by atoms with E-state index in [2.05, 4.69) is 9.97 Å². The fourth-order valence-corrected chi connectivity index (χ4v) is 2.71. The highest BCUT2D eigenvalue weighted by Gasteiger charge is 2.46. The lowest BCUT2D eigenvalue weighted by Gasteiger charge is -2.30. The first kappa shape index (κ1) is 10.5. The van der Waals surface area contributed by atoms with Crippen LogP contribution in [-0.4, -0.2) is 28.2 Å². The molecule has 0 bridgehead atoms. The normalized spacial score (nSPS) is 22.8. The summed E-state index contributed by atoms with van der Waals surface area (Å²) in [5, 5.41) is 0. The van der Waals surface area contributed by atoms with Crippen molar-refractivity contribution in [2.45, 2.75) is 37.7 Å². The van der Waals surface area contributed by atoms with Gasteiger partial charge < -0.3 is 4.74 Å². The third-order valence-electron chi connectivity index (χ3n) is 3.59. The number of rotatable bonds is 1. The molecular formula is C12H15N3O2. The summed E-state index contributed by atoms with van der Waals surface area (Å²) in [6.45, 7) is 0.638. The number of hydrogen-bond acceptors (Lipinski definition) is 4.